The Labute approximate surface area is 75.2 Å². The van der Waals surface area contributed by atoms with E-state index in [1.165, 1.54) is 0 Å². The molecule has 0 radical (unpaired) electrons. The fourth-order valence-corrected chi connectivity index (χ4v) is 0.883. The third-order valence-electron chi connectivity index (χ3n) is 1.35. The number of nitrogens with one attached hydrogen (secondary N) is 2. The number of fused-ring (bicyclic) bond motifs is 1. The summed E-state index contributed by atoms with van der Waals surface area (Å²) < 4.78 is 0. The van der Waals surface area contributed by atoms with Crippen LogP contribution in [-0.4, -0.2) is 16.2 Å². The molecule has 0 fully saturated rings. The Balaban J connectivity index is 0.000000184. The largest absolute Gasteiger partial charge is 0.370 e. The molecule has 0 unspecified atom stereocenters. The minimum absolute atomic E-state index is 0.333. The molecule has 2 rings (SSSR count). The van der Waals surface area contributed by atoms with Gasteiger partial charge in [0.25, 0.3) is 0 Å². The van der Waals surface area contributed by atoms with Gasteiger partial charge in [0, 0.05) is 5.39 Å². The summed E-state index contributed by atoms with van der Waals surface area (Å²) in [5.74, 6) is -0.333. The van der Waals surface area contributed by atoms with Crippen LogP contribution in [0.4, 0.5) is 0 Å². The highest BCUT2D eigenvalue weighted by atomic mass is 15.1. The van der Waals surface area contributed by atoms with Crippen molar-refractivity contribution >= 4 is 16.9 Å². The first-order valence-electron chi connectivity index (χ1n) is 3.68. The first kappa shape index (κ1) is 9.05. The lowest BCUT2D eigenvalue weighted by atomic mass is 10.3. The summed E-state index contributed by atoms with van der Waals surface area (Å²) in [4.78, 5) is 0. The number of hydrogen-bond donors (Lipinski definition) is 4. The molecule has 13 heavy (non-hydrogen) atoms. The first-order valence-corrected chi connectivity index (χ1v) is 3.68. The number of nitrogens with zero attached hydrogens (tertiary/aromatic N) is 1. The Morgan fingerprint density at radius 2 is 1.92 bits per heavy atom. The van der Waals surface area contributed by atoms with Gasteiger partial charge in [-0.2, -0.15) is 5.10 Å². The summed E-state index contributed by atoms with van der Waals surface area (Å²) in [7, 11) is 0. The van der Waals surface area contributed by atoms with Crippen LogP contribution in [0.1, 0.15) is 0 Å². The Kier molecular flexibility index (Phi) is 2.86. The molecule has 1 heterocycles. The van der Waals surface area contributed by atoms with Gasteiger partial charge in [-0.25, -0.2) is 0 Å². The van der Waals surface area contributed by atoms with E-state index in [2.05, 4.69) is 21.7 Å². The molecule has 0 atom stereocenters. The minimum atomic E-state index is -0.333. The van der Waals surface area contributed by atoms with Crippen molar-refractivity contribution in [3.8, 4) is 0 Å². The number of guanidine groups is 1. The van der Waals surface area contributed by atoms with Crippen LogP contribution in [0.3, 0.4) is 0 Å². The van der Waals surface area contributed by atoms with Gasteiger partial charge in [-0.1, -0.05) is 18.2 Å². The van der Waals surface area contributed by atoms with Crippen molar-refractivity contribution < 1.29 is 0 Å². The lowest BCUT2D eigenvalue weighted by Gasteiger charge is -1.81. The van der Waals surface area contributed by atoms with Gasteiger partial charge in [0.15, 0.2) is 5.96 Å². The zero-order valence-corrected chi connectivity index (χ0v) is 6.99. The molecule has 0 aliphatic carbocycles. The summed E-state index contributed by atoms with van der Waals surface area (Å²) in [5, 5.41) is 14.0. The highest BCUT2D eigenvalue weighted by molar-refractivity contribution is 5.77. The van der Waals surface area contributed by atoms with Gasteiger partial charge in [0.05, 0.1) is 11.7 Å². The van der Waals surface area contributed by atoms with Crippen molar-refractivity contribution in [1.29, 1.82) is 5.41 Å². The van der Waals surface area contributed by atoms with Crippen molar-refractivity contribution in [2.24, 2.45) is 11.5 Å². The van der Waals surface area contributed by atoms with Gasteiger partial charge >= 0.3 is 0 Å². The number of benzene rings is 1. The molecule has 0 bridgehead atoms. The fourth-order valence-electron chi connectivity index (χ4n) is 0.883. The topological polar surface area (TPSA) is 105 Å². The van der Waals surface area contributed by atoms with Crippen molar-refractivity contribution in [2.45, 2.75) is 0 Å². The maximum Gasteiger partial charge on any atom is 0.183 e. The zero-order valence-electron chi connectivity index (χ0n) is 6.99. The molecule has 1 aromatic carbocycles. The fraction of sp³-hybridized carbons (Fsp3) is 0. The van der Waals surface area contributed by atoms with E-state index in [9.17, 15) is 0 Å². The van der Waals surface area contributed by atoms with E-state index in [0.29, 0.717) is 0 Å². The SMILES string of the molecule is N=C(N)N.c1ccc2[nH]ncc2c1. The molecular weight excluding hydrogens is 166 g/mol. The van der Waals surface area contributed by atoms with Gasteiger partial charge in [-0.15, -0.1) is 0 Å². The van der Waals surface area contributed by atoms with E-state index >= 15 is 0 Å². The number of hydrogen-bond acceptors (Lipinski definition) is 2. The van der Waals surface area contributed by atoms with Crippen molar-refractivity contribution in [1.82, 2.24) is 10.2 Å². The number of para-hydroxylation sites is 1. The van der Waals surface area contributed by atoms with Gasteiger partial charge in [0.2, 0.25) is 0 Å². The molecule has 0 spiro atoms. The highest BCUT2D eigenvalue weighted by Crippen LogP contribution is 2.06. The van der Waals surface area contributed by atoms with Gasteiger partial charge in [0.1, 0.15) is 0 Å². The zero-order chi connectivity index (χ0) is 9.68. The summed E-state index contributed by atoms with van der Waals surface area (Å²) in [5.41, 5.74) is 10.0. The van der Waals surface area contributed by atoms with Crippen molar-refractivity contribution in [2.75, 3.05) is 0 Å². The number of aromatic nitrogens is 2. The lowest BCUT2D eigenvalue weighted by Crippen LogP contribution is -2.20. The quantitative estimate of drug-likeness (QED) is 0.346. The molecule has 0 amide bonds. The summed E-state index contributed by atoms with van der Waals surface area (Å²) in [6.45, 7) is 0. The molecular formula is C8H11N5. The number of H-pyrrole nitrogens is 1. The van der Waals surface area contributed by atoms with E-state index in [0.717, 1.165) is 10.9 Å². The maximum absolute atomic E-state index is 6.06. The van der Waals surface area contributed by atoms with Crippen LogP contribution in [0.5, 0.6) is 0 Å². The van der Waals surface area contributed by atoms with E-state index in [1.807, 2.05) is 30.5 Å². The summed E-state index contributed by atoms with van der Waals surface area (Å²) >= 11 is 0. The second-order valence-electron chi connectivity index (χ2n) is 2.41. The molecule has 5 heteroatoms. The molecule has 5 nitrogen and oxygen atoms in total. The van der Waals surface area contributed by atoms with E-state index in [1.54, 1.807) is 0 Å². The molecule has 0 saturated carbocycles. The van der Waals surface area contributed by atoms with Crippen LogP contribution < -0.4 is 11.5 Å². The van der Waals surface area contributed by atoms with E-state index in [4.69, 9.17) is 5.41 Å². The van der Waals surface area contributed by atoms with E-state index < -0.39 is 0 Å². The van der Waals surface area contributed by atoms with Crippen LogP contribution in [0.25, 0.3) is 10.9 Å². The summed E-state index contributed by atoms with van der Waals surface area (Å²) in [6, 6.07) is 8.01. The number of aromatic amines is 1. The third kappa shape index (κ3) is 2.82. The molecule has 0 aliphatic rings. The standard InChI is InChI=1S/C7H6N2.CH5N3/c1-2-4-7-6(3-1)5-8-9-7;2-1(3)4/h1-5H,(H,8,9);(H5,2,3,4). The molecule has 2 aromatic rings. The van der Waals surface area contributed by atoms with E-state index in [-0.39, 0.29) is 5.96 Å². The second-order valence-corrected chi connectivity index (χ2v) is 2.41. The van der Waals surface area contributed by atoms with Crippen LogP contribution in [-0.2, 0) is 0 Å². The lowest BCUT2D eigenvalue weighted by molar-refractivity contribution is 1.12. The van der Waals surface area contributed by atoms with Crippen LogP contribution in [0.15, 0.2) is 30.5 Å². The average molecular weight is 177 g/mol. The number of nitrogens with two attached hydrogens (primary N) is 2. The number of rotatable bonds is 0. The highest BCUT2D eigenvalue weighted by Gasteiger charge is 1.88. The molecule has 1 aromatic heterocycles. The summed E-state index contributed by atoms with van der Waals surface area (Å²) in [6.07, 6.45) is 1.81. The van der Waals surface area contributed by atoms with Crippen LogP contribution >= 0.6 is 0 Å². The average Bonchev–Trinajstić information content (AvgIpc) is 2.49. The van der Waals surface area contributed by atoms with Crippen molar-refractivity contribution in [3.63, 3.8) is 0 Å². The predicted molar refractivity (Wildman–Crippen MR) is 52.2 cm³/mol. The minimum Gasteiger partial charge on any atom is -0.370 e. The monoisotopic (exact) mass is 177 g/mol. The molecule has 0 saturated heterocycles. The molecule has 0 aliphatic heterocycles. The molecule has 68 valence electrons. The first-order chi connectivity index (χ1) is 6.20. The van der Waals surface area contributed by atoms with Crippen LogP contribution in [0.2, 0.25) is 0 Å². The van der Waals surface area contributed by atoms with Gasteiger partial charge < -0.3 is 11.5 Å². The maximum atomic E-state index is 6.06. The normalized spacial score (nSPS) is 8.92. The predicted octanol–water partition coefficient (Wildman–Crippen LogP) is 0.401. The van der Waals surface area contributed by atoms with Gasteiger partial charge in [-0.3, -0.25) is 10.5 Å². The van der Waals surface area contributed by atoms with Crippen molar-refractivity contribution in [3.05, 3.63) is 30.5 Å². The molecule has 6 N–H and O–H groups in total. The van der Waals surface area contributed by atoms with Gasteiger partial charge in [-0.05, 0) is 6.07 Å². The Morgan fingerprint density at radius 1 is 1.31 bits per heavy atom. The Morgan fingerprint density at radius 3 is 2.54 bits per heavy atom. The van der Waals surface area contributed by atoms with Crippen LogP contribution in [0, 0.1) is 5.41 Å². The third-order valence-corrected chi connectivity index (χ3v) is 1.35. The Hall–Kier alpha value is -2.04. The Bertz CT molecular complexity index is 358. The second kappa shape index (κ2) is 4.10. The smallest absolute Gasteiger partial charge is 0.183 e.